The zero-order chi connectivity index (χ0) is 34.1. The van der Waals surface area contributed by atoms with Crippen molar-refractivity contribution < 1.29 is 27.5 Å². The highest BCUT2D eigenvalue weighted by Gasteiger charge is 2.34. The molecule has 0 spiro atoms. The van der Waals surface area contributed by atoms with E-state index in [1.807, 2.05) is 91.9 Å². The van der Waals surface area contributed by atoms with Crippen molar-refractivity contribution in [2.75, 3.05) is 24.7 Å². The molecule has 0 bridgehead atoms. The van der Waals surface area contributed by atoms with Gasteiger partial charge < -0.3 is 25.4 Å². The summed E-state index contributed by atoms with van der Waals surface area (Å²) in [4.78, 5) is 26.8. The maximum atomic E-state index is 14.1. The number of alkyl carbamates (subject to hydrolysis) is 1. The van der Waals surface area contributed by atoms with Gasteiger partial charge in [-0.3, -0.25) is 4.79 Å². The van der Waals surface area contributed by atoms with E-state index in [0.29, 0.717) is 30.1 Å². The number of ether oxygens (including phenoxy) is 2. The second-order valence-corrected chi connectivity index (χ2v) is 14.3. The van der Waals surface area contributed by atoms with Gasteiger partial charge >= 0.3 is 6.09 Å². The van der Waals surface area contributed by atoms with Gasteiger partial charge in [-0.1, -0.05) is 90.5 Å². The average molecular weight is 690 g/mol. The molecule has 1 aliphatic heterocycles. The number of sulfone groups is 1. The van der Waals surface area contributed by atoms with Crippen molar-refractivity contribution in [3.05, 3.63) is 131 Å². The summed E-state index contributed by atoms with van der Waals surface area (Å²) in [6.07, 6.45) is -0.361. The summed E-state index contributed by atoms with van der Waals surface area (Å²) in [7, 11) is -2.33. The lowest BCUT2D eigenvalue weighted by atomic mass is 9.84. The van der Waals surface area contributed by atoms with Crippen molar-refractivity contribution in [3.8, 4) is 0 Å². The lowest BCUT2D eigenvalue weighted by molar-refractivity contribution is -0.118. The number of para-hydroxylation sites is 1. The van der Waals surface area contributed by atoms with Crippen LogP contribution in [0.15, 0.2) is 114 Å². The number of aryl methyl sites for hydroxylation is 1. The second-order valence-electron chi connectivity index (χ2n) is 11.8. The summed E-state index contributed by atoms with van der Waals surface area (Å²) in [5.74, 6) is -1.06. The standard InChI is InChI=1S/C37H40ClN3O6S/c1-25-33(24-48(44,45)31-21-18-29(38)19-22-31)47-30(23-39-25)20-17-26-11-9-10-16-32(26)40-36(42)35(41-37(43)46-2)34(27-12-5-3-6-13-27)28-14-7-4-8-15-28/h3-16,18-19,21-22,25,30,33-35,39H,17,20,23-24H2,1-2H3,(H,40,42)(H,41,43)/t25-,30-,33-,35+/m1/s1. The Labute approximate surface area is 286 Å². The lowest BCUT2D eigenvalue weighted by Crippen LogP contribution is -2.53. The molecule has 9 nitrogen and oxygen atoms in total. The summed E-state index contributed by atoms with van der Waals surface area (Å²) in [6, 6.07) is 31.6. The molecule has 252 valence electrons. The Balaban J connectivity index is 1.31. The van der Waals surface area contributed by atoms with Crippen molar-refractivity contribution in [2.24, 2.45) is 0 Å². The minimum Gasteiger partial charge on any atom is -0.453 e. The van der Waals surface area contributed by atoms with E-state index in [-0.39, 0.29) is 22.8 Å². The van der Waals surface area contributed by atoms with E-state index in [4.69, 9.17) is 21.1 Å². The van der Waals surface area contributed by atoms with Gasteiger partial charge in [0.2, 0.25) is 5.91 Å². The summed E-state index contributed by atoms with van der Waals surface area (Å²) >= 11 is 5.95. The zero-order valence-corrected chi connectivity index (χ0v) is 28.4. The first-order chi connectivity index (χ1) is 23.1. The highest BCUT2D eigenvalue weighted by atomic mass is 35.5. The van der Waals surface area contributed by atoms with Crippen molar-refractivity contribution >= 4 is 39.1 Å². The summed E-state index contributed by atoms with van der Waals surface area (Å²) in [6.45, 7) is 2.48. The Bertz CT molecular complexity index is 1730. The van der Waals surface area contributed by atoms with Crippen molar-refractivity contribution in [1.29, 1.82) is 0 Å². The fraction of sp³-hybridized carbons (Fsp3) is 0.297. The van der Waals surface area contributed by atoms with Gasteiger partial charge in [-0.15, -0.1) is 0 Å². The molecule has 5 rings (SSSR count). The van der Waals surface area contributed by atoms with E-state index < -0.39 is 39.9 Å². The number of hydrogen-bond donors (Lipinski definition) is 3. The maximum Gasteiger partial charge on any atom is 0.407 e. The number of carbonyl (C=O) groups is 2. The number of carbonyl (C=O) groups excluding carboxylic acids is 2. The van der Waals surface area contributed by atoms with Crippen LogP contribution in [0, 0.1) is 0 Å². The van der Waals surface area contributed by atoms with Crippen LogP contribution in [-0.4, -0.2) is 64.1 Å². The molecule has 1 aliphatic rings. The third-order valence-corrected chi connectivity index (χ3v) is 10.6. The van der Waals surface area contributed by atoms with E-state index in [0.717, 1.165) is 16.7 Å². The lowest BCUT2D eigenvalue weighted by Gasteiger charge is -2.36. The number of halogens is 1. The van der Waals surface area contributed by atoms with Crippen LogP contribution in [0.25, 0.3) is 0 Å². The highest BCUT2D eigenvalue weighted by Crippen LogP contribution is 2.30. The van der Waals surface area contributed by atoms with Crippen molar-refractivity contribution in [1.82, 2.24) is 10.6 Å². The Morgan fingerprint density at radius 3 is 2.15 bits per heavy atom. The van der Waals surface area contributed by atoms with Gasteiger partial charge in [0, 0.05) is 29.2 Å². The smallest absolute Gasteiger partial charge is 0.407 e. The van der Waals surface area contributed by atoms with Gasteiger partial charge in [-0.2, -0.15) is 0 Å². The number of anilines is 1. The largest absolute Gasteiger partial charge is 0.453 e. The molecule has 4 atom stereocenters. The molecule has 0 aliphatic carbocycles. The predicted octanol–water partition coefficient (Wildman–Crippen LogP) is 5.99. The van der Waals surface area contributed by atoms with Crippen LogP contribution >= 0.6 is 11.6 Å². The molecule has 4 aromatic carbocycles. The van der Waals surface area contributed by atoms with Gasteiger partial charge in [0.05, 0.1) is 30.0 Å². The normalized spacial score (nSPS) is 18.5. The summed E-state index contributed by atoms with van der Waals surface area (Å²) in [5.41, 5.74) is 3.21. The van der Waals surface area contributed by atoms with E-state index >= 15 is 0 Å². The van der Waals surface area contributed by atoms with Crippen LogP contribution in [0.4, 0.5) is 10.5 Å². The Morgan fingerprint density at radius 1 is 0.917 bits per heavy atom. The Morgan fingerprint density at radius 2 is 1.52 bits per heavy atom. The molecule has 0 unspecified atom stereocenters. The number of amides is 2. The minimum absolute atomic E-state index is 0.156. The third kappa shape index (κ3) is 9.02. The third-order valence-electron chi connectivity index (χ3n) is 8.55. The molecular formula is C37H40ClN3O6S. The van der Waals surface area contributed by atoms with E-state index in [1.165, 1.54) is 19.2 Å². The maximum absolute atomic E-state index is 14.1. The van der Waals surface area contributed by atoms with E-state index in [2.05, 4.69) is 16.0 Å². The molecule has 1 fully saturated rings. The Hall–Kier alpha value is -4.22. The minimum atomic E-state index is -3.60. The molecular weight excluding hydrogens is 650 g/mol. The molecule has 48 heavy (non-hydrogen) atoms. The van der Waals surface area contributed by atoms with Crippen LogP contribution in [0.2, 0.25) is 5.02 Å². The van der Waals surface area contributed by atoms with Crippen LogP contribution in [0.3, 0.4) is 0 Å². The molecule has 0 radical (unpaired) electrons. The number of hydrogen-bond acceptors (Lipinski definition) is 7. The highest BCUT2D eigenvalue weighted by molar-refractivity contribution is 7.91. The first-order valence-electron chi connectivity index (χ1n) is 15.8. The molecule has 0 aromatic heterocycles. The van der Waals surface area contributed by atoms with Crippen LogP contribution in [-0.2, 0) is 30.5 Å². The molecule has 1 saturated heterocycles. The Kier molecular flexibility index (Phi) is 11.9. The number of benzene rings is 4. The van der Waals surface area contributed by atoms with Gasteiger partial charge in [0.1, 0.15) is 6.04 Å². The van der Waals surface area contributed by atoms with Gasteiger partial charge in [-0.05, 0) is 66.8 Å². The molecule has 3 N–H and O–H groups in total. The molecule has 2 amide bonds. The molecule has 1 heterocycles. The fourth-order valence-electron chi connectivity index (χ4n) is 5.94. The summed E-state index contributed by atoms with van der Waals surface area (Å²) in [5, 5.41) is 9.70. The first-order valence-corrected chi connectivity index (χ1v) is 17.9. The quantitative estimate of drug-likeness (QED) is 0.167. The molecule has 4 aromatic rings. The van der Waals surface area contributed by atoms with Crippen molar-refractivity contribution in [3.63, 3.8) is 0 Å². The van der Waals surface area contributed by atoms with E-state index in [9.17, 15) is 18.0 Å². The predicted molar refractivity (Wildman–Crippen MR) is 187 cm³/mol. The molecule has 0 saturated carbocycles. The summed E-state index contributed by atoms with van der Waals surface area (Å²) < 4.78 is 37.5. The van der Waals surface area contributed by atoms with Crippen LogP contribution in [0.5, 0.6) is 0 Å². The number of nitrogens with one attached hydrogen (secondary N) is 3. The molecule has 11 heteroatoms. The number of morpholine rings is 1. The fourth-order valence-corrected chi connectivity index (χ4v) is 7.61. The second kappa shape index (κ2) is 16.3. The monoisotopic (exact) mass is 689 g/mol. The average Bonchev–Trinajstić information content (AvgIpc) is 3.09. The topological polar surface area (TPSA) is 123 Å². The van der Waals surface area contributed by atoms with Crippen LogP contribution in [0.1, 0.15) is 36.0 Å². The first kappa shape index (κ1) is 35.1. The van der Waals surface area contributed by atoms with Crippen LogP contribution < -0.4 is 16.0 Å². The van der Waals surface area contributed by atoms with Gasteiger partial charge in [-0.25, -0.2) is 13.2 Å². The number of methoxy groups -OCH3 is 1. The number of rotatable bonds is 12. The van der Waals surface area contributed by atoms with Gasteiger partial charge in [0.25, 0.3) is 0 Å². The van der Waals surface area contributed by atoms with Gasteiger partial charge in [0.15, 0.2) is 9.84 Å². The zero-order valence-electron chi connectivity index (χ0n) is 26.8. The van der Waals surface area contributed by atoms with Crippen molar-refractivity contribution in [2.45, 2.75) is 54.9 Å². The SMILES string of the molecule is COC(=O)N[C@H](C(=O)Nc1ccccc1CC[C@@H]1CN[C@H](C)[C@@H](CS(=O)(=O)c2ccc(Cl)cc2)O1)C(c1ccccc1)c1ccccc1. The van der Waals surface area contributed by atoms with E-state index in [1.54, 1.807) is 12.1 Å².